The molecule has 0 spiro atoms. The fraction of sp³-hybridized carbons (Fsp3) is 0.800. The third kappa shape index (κ3) is 16.1. The Morgan fingerprint density at radius 3 is 1.50 bits per heavy atom. The molecule has 0 aromatic rings. The predicted octanol–water partition coefficient (Wildman–Crippen LogP) is 2.08. The summed E-state index contributed by atoms with van der Waals surface area (Å²) in [6.07, 6.45) is 10.7. The van der Waals surface area contributed by atoms with Crippen LogP contribution in [0.4, 0.5) is 4.79 Å². The summed E-state index contributed by atoms with van der Waals surface area (Å²) in [6.45, 7) is 2.40. The Kier molecular flexibility index (Phi) is 15.6. The number of carbonyl (C=O) groups is 1. The predicted molar refractivity (Wildman–Crippen MR) is 84.3 cm³/mol. The van der Waals surface area contributed by atoms with Crippen LogP contribution >= 0.6 is 0 Å². The van der Waals surface area contributed by atoms with E-state index in [4.69, 9.17) is 0 Å². The summed E-state index contributed by atoms with van der Waals surface area (Å²) in [7, 11) is 0. The lowest BCUT2D eigenvalue weighted by atomic mass is 10.2. The van der Waals surface area contributed by atoms with E-state index in [9.17, 15) is 14.4 Å². The van der Waals surface area contributed by atoms with Crippen molar-refractivity contribution in [1.82, 2.24) is 10.6 Å². The maximum absolute atomic E-state index is 11.5. The van der Waals surface area contributed by atoms with Crippen LogP contribution in [0.5, 0.6) is 0 Å². The zero-order valence-corrected chi connectivity index (χ0v) is 13.1. The Hall–Kier alpha value is -1.97. The highest BCUT2D eigenvalue weighted by Gasteiger charge is 1.98. The van der Waals surface area contributed by atoms with Crippen molar-refractivity contribution in [2.45, 2.75) is 51.4 Å². The van der Waals surface area contributed by atoms with E-state index in [1.54, 1.807) is 0 Å². The molecule has 7 heteroatoms. The summed E-state index contributed by atoms with van der Waals surface area (Å²) in [6, 6.07) is -0.129. The highest BCUT2D eigenvalue weighted by molar-refractivity contribution is 5.73. The van der Waals surface area contributed by atoms with Crippen molar-refractivity contribution in [3.63, 3.8) is 0 Å². The van der Waals surface area contributed by atoms with Gasteiger partial charge in [-0.3, -0.25) is 0 Å². The highest BCUT2D eigenvalue weighted by atomic mass is 16.2. The largest absolute Gasteiger partial charge is 0.338 e. The lowest BCUT2D eigenvalue weighted by Gasteiger charge is -2.07. The molecular weight excluding hydrogens is 284 g/mol. The number of hydrogen-bond acceptors (Lipinski definition) is 5. The molecular formula is C15H26N4O3. The number of hydrogen-bond donors (Lipinski definition) is 2. The summed E-state index contributed by atoms with van der Waals surface area (Å²) < 4.78 is 0. The molecule has 2 N–H and O–H groups in total. The number of carbonyl (C=O) groups excluding carboxylic acids is 3. The number of rotatable bonds is 14. The van der Waals surface area contributed by atoms with E-state index in [2.05, 4.69) is 20.6 Å². The van der Waals surface area contributed by atoms with Gasteiger partial charge in [0.05, 0.1) is 13.1 Å². The van der Waals surface area contributed by atoms with E-state index in [1.807, 2.05) is 0 Å². The zero-order chi connectivity index (χ0) is 16.3. The van der Waals surface area contributed by atoms with Crippen molar-refractivity contribution < 1.29 is 14.4 Å². The van der Waals surface area contributed by atoms with Crippen LogP contribution in [0.2, 0.25) is 0 Å². The molecule has 0 aliphatic heterocycles. The number of nitrogens with one attached hydrogen (secondary N) is 2. The first-order valence-electron chi connectivity index (χ1n) is 7.90. The molecule has 0 radical (unpaired) electrons. The molecule has 2 amide bonds. The van der Waals surface area contributed by atoms with Crippen LogP contribution in [0.1, 0.15) is 51.4 Å². The van der Waals surface area contributed by atoms with Crippen LogP contribution in [-0.2, 0) is 9.59 Å². The molecule has 0 aromatic heterocycles. The van der Waals surface area contributed by atoms with Crippen LogP contribution in [0, 0.1) is 0 Å². The molecule has 0 fully saturated rings. The van der Waals surface area contributed by atoms with Crippen LogP contribution in [0.15, 0.2) is 9.98 Å². The summed E-state index contributed by atoms with van der Waals surface area (Å²) in [5, 5.41) is 5.62. The van der Waals surface area contributed by atoms with Gasteiger partial charge in [0.15, 0.2) is 0 Å². The third-order valence-corrected chi connectivity index (χ3v) is 3.09. The molecule has 124 valence electrons. The van der Waals surface area contributed by atoms with Crippen molar-refractivity contribution in [2.75, 3.05) is 26.2 Å². The Balaban J connectivity index is 3.22. The molecule has 0 saturated heterocycles. The fourth-order valence-electron chi connectivity index (χ4n) is 1.90. The van der Waals surface area contributed by atoms with Crippen LogP contribution in [-0.4, -0.2) is 44.4 Å². The number of urea groups is 1. The van der Waals surface area contributed by atoms with E-state index in [0.29, 0.717) is 26.2 Å². The van der Waals surface area contributed by atoms with E-state index in [1.165, 1.54) is 12.2 Å². The number of unbranched alkanes of at least 4 members (excludes halogenated alkanes) is 6. The molecule has 7 nitrogen and oxygen atoms in total. The summed E-state index contributed by atoms with van der Waals surface area (Å²) in [5.74, 6) is 0. The highest BCUT2D eigenvalue weighted by Crippen LogP contribution is 1.99. The van der Waals surface area contributed by atoms with Gasteiger partial charge in [0, 0.05) is 13.1 Å². The van der Waals surface area contributed by atoms with E-state index >= 15 is 0 Å². The first-order chi connectivity index (χ1) is 10.8. The number of nitrogens with zero attached hydrogens (tertiary/aromatic N) is 2. The Morgan fingerprint density at radius 1 is 0.682 bits per heavy atom. The smallest absolute Gasteiger partial charge is 0.314 e. The summed E-state index contributed by atoms with van der Waals surface area (Å²) in [4.78, 5) is 38.1. The number of aliphatic imine (C=N–C) groups is 2. The van der Waals surface area contributed by atoms with Crippen molar-refractivity contribution in [3.8, 4) is 0 Å². The Labute approximate surface area is 131 Å². The number of amides is 2. The molecule has 0 aliphatic rings. The van der Waals surface area contributed by atoms with Gasteiger partial charge in [-0.2, -0.15) is 0 Å². The standard InChI is InChI=1S/C15H26N4O3/c20-13-16-9-5-1-3-7-11-18-15(22)19-12-8-4-2-6-10-17-14-21/h1-12H2,(H2,18,19,22). The monoisotopic (exact) mass is 310 g/mol. The maximum atomic E-state index is 11.5. The first kappa shape index (κ1) is 20.0. The topological polar surface area (TPSA) is 100.0 Å². The maximum Gasteiger partial charge on any atom is 0.314 e. The van der Waals surface area contributed by atoms with E-state index in [-0.39, 0.29) is 6.03 Å². The van der Waals surface area contributed by atoms with Crippen LogP contribution in [0.25, 0.3) is 0 Å². The van der Waals surface area contributed by atoms with Gasteiger partial charge in [-0.25, -0.2) is 24.4 Å². The van der Waals surface area contributed by atoms with Gasteiger partial charge in [-0.15, -0.1) is 0 Å². The van der Waals surface area contributed by atoms with Gasteiger partial charge in [0.25, 0.3) is 0 Å². The molecule has 0 atom stereocenters. The molecule has 0 aromatic carbocycles. The quantitative estimate of drug-likeness (QED) is 0.292. The minimum absolute atomic E-state index is 0.129. The minimum Gasteiger partial charge on any atom is -0.338 e. The van der Waals surface area contributed by atoms with Gasteiger partial charge < -0.3 is 10.6 Å². The zero-order valence-electron chi connectivity index (χ0n) is 13.1. The number of isocyanates is 2. The summed E-state index contributed by atoms with van der Waals surface area (Å²) in [5.41, 5.74) is 0. The minimum atomic E-state index is -0.129. The Bertz CT molecular complexity index is 341. The average Bonchev–Trinajstić information content (AvgIpc) is 2.52. The van der Waals surface area contributed by atoms with Crippen molar-refractivity contribution >= 4 is 18.2 Å². The van der Waals surface area contributed by atoms with Gasteiger partial charge >= 0.3 is 6.03 Å². The van der Waals surface area contributed by atoms with Crippen molar-refractivity contribution in [2.24, 2.45) is 9.98 Å². The van der Waals surface area contributed by atoms with E-state index < -0.39 is 0 Å². The molecule has 0 unspecified atom stereocenters. The second-order valence-corrected chi connectivity index (χ2v) is 4.96. The van der Waals surface area contributed by atoms with Gasteiger partial charge in [0.2, 0.25) is 12.2 Å². The fourth-order valence-corrected chi connectivity index (χ4v) is 1.90. The third-order valence-electron chi connectivity index (χ3n) is 3.09. The van der Waals surface area contributed by atoms with Crippen molar-refractivity contribution in [1.29, 1.82) is 0 Å². The first-order valence-corrected chi connectivity index (χ1v) is 7.90. The Morgan fingerprint density at radius 2 is 1.09 bits per heavy atom. The SMILES string of the molecule is O=C=NCCCCCCNC(=O)NCCCCCCN=C=O. The molecule has 0 aliphatic carbocycles. The normalized spacial score (nSPS) is 9.45. The second-order valence-electron chi connectivity index (χ2n) is 4.96. The van der Waals surface area contributed by atoms with Gasteiger partial charge in [-0.05, 0) is 25.7 Å². The molecule has 0 heterocycles. The molecule has 0 rings (SSSR count). The lowest BCUT2D eigenvalue weighted by Crippen LogP contribution is -2.36. The van der Waals surface area contributed by atoms with Gasteiger partial charge in [-0.1, -0.05) is 25.7 Å². The average molecular weight is 310 g/mol. The molecule has 0 bridgehead atoms. The van der Waals surface area contributed by atoms with E-state index in [0.717, 1.165) is 51.4 Å². The van der Waals surface area contributed by atoms with Crippen LogP contribution in [0.3, 0.4) is 0 Å². The lowest BCUT2D eigenvalue weighted by molar-refractivity contribution is 0.240. The second kappa shape index (κ2) is 17.1. The molecule has 0 saturated carbocycles. The molecule has 22 heavy (non-hydrogen) atoms. The van der Waals surface area contributed by atoms with Crippen molar-refractivity contribution in [3.05, 3.63) is 0 Å². The van der Waals surface area contributed by atoms with Crippen LogP contribution < -0.4 is 10.6 Å². The summed E-state index contributed by atoms with van der Waals surface area (Å²) >= 11 is 0. The van der Waals surface area contributed by atoms with Gasteiger partial charge in [0.1, 0.15) is 0 Å².